The maximum absolute atomic E-state index is 6.14. The molecule has 2 aromatic rings. The van der Waals surface area contributed by atoms with Gasteiger partial charge in [0.05, 0.1) is 10.7 Å². The van der Waals surface area contributed by atoms with E-state index in [1.54, 1.807) is 0 Å². The molecule has 18 heavy (non-hydrogen) atoms. The van der Waals surface area contributed by atoms with Crippen molar-refractivity contribution in [1.29, 1.82) is 0 Å². The lowest BCUT2D eigenvalue weighted by Gasteiger charge is -2.10. The Kier molecular flexibility index (Phi) is 4.04. The molecule has 0 spiro atoms. The Hall–Kier alpha value is -1.33. The van der Waals surface area contributed by atoms with Crippen molar-refractivity contribution in [1.82, 2.24) is 9.97 Å². The van der Waals surface area contributed by atoms with Crippen LogP contribution in [0.15, 0.2) is 28.7 Å². The fourth-order valence-electron chi connectivity index (χ4n) is 1.49. The van der Waals surface area contributed by atoms with Gasteiger partial charge in [0.1, 0.15) is 17.5 Å². The van der Waals surface area contributed by atoms with Crippen LogP contribution < -0.4 is 10.6 Å². The second-order valence-corrected chi connectivity index (χ2v) is 5.01. The minimum atomic E-state index is 0.631. The SMILES string of the molecule is CNc1cc(Nc2ccc(Br)cc2Cl)nc(C)n1. The number of rotatable bonds is 3. The van der Waals surface area contributed by atoms with Crippen LogP contribution in [0.25, 0.3) is 0 Å². The number of hydrogen-bond acceptors (Lipinski definition) is 4. The molecule has 0 aliphatic rings. The van der Waals surface area contributed by atoms with E-state index in [0.29, 0.717) is 16.7 Å². The van der Waals surface area contributed by atoms with E-state index >= 15 is 0 Å². The monoisotopic (exact) mass is 326 g/mol. The minimum Gasteiger partial charge on any atom is -0.373 e. The predicted molar refractivity (Wildman–Crippen MR) is 78.8 cm³/mol. The lowest BCUT2D eigenvalue weighted by atomic mass is 10.3. The van der Waals surface area contributed by atoms with Crippen LogP contribution in [0.1, 0.15) is 5.82 Å². The zero-order valence-corrected chi connectivity index (χ0v) is 12.3. The number of hydrogen-bond donors (Lipinski definition) is 2. The summed E-state index contributed by atoms with van der Waals surface area (Å²) in [6, 6.07) is 7.46. The molecule has 1 aromatic heterocycles. The summed E-state index contributed by atoms with van der Waals surface area (Å²) in [6.45, 7) is 1.84. The van der Waals surface area contributed by atoms with E-state index in [2.05, 4.69) is 36.5 Å². The maximum atomic E-state index is 6.14. The second-order valence-electron chi connectivity index (χ2n) is 3.68. The van der Waals surface area contributed by atoms with E-state index in [4.69, 9.17) is 11.6 Å². The molecule has 0 aliphatic heterocycles. The summed E-state index contributed by atoms with van der Waals surface area (Å²) in [5.41, 5.74) is 0.806. The summed E-state index contributed by atoms with van der Waals surface area (Å²) in [5.74, 6) is 2.16. The highest BCUT2D eigenvalue weighted by atomic mass is 79.9. The smallest absolute Gasteiger partial charge is 0.136 e. The molecule has 2 N–H and O–H groups in total. The minimum absolute atomic E-state index is 0.631. The average molecular weight is 328 g/mol. The van der Waals surface area contributed by atoms with Crippen molar-refractivity contribution in [2.24, 2.45) is 0 Å². The molecular weight excluding hydrogens is 316 g/mol. The molecule has 0 saturated heterocycles. The molecule has 0 radical (unpaired) electrons. The van der Waals surface area contributed by atoms with E-state index in [-0.39, 0.29) is 0 Å². The number of benzene rings is 1. The Morgan fingerprint density at radius 3 is 2.56 bits per heavy atom. The maximum Gasteiger partial charge on any atom is 0.136 e. The fraction of sp³-hybridized carbons (Fsp3) is 0.167. The van der Waals surface area contributed by atoms with E-state index in [9.17, 15) is 0 Å². The van der Waals surface area contributed by atoms with Gasteiger partial charge >= 0.3 is 0 Å². The molecule has 1 aromatic carbocycles. The largest absolute Gasteiger partial charge is 0.373 e. The Morgan fingerprint density at radius 2 is 1.89 bits per heavy atom. The van der Waals surface area contributed by atoms with Gasteiger partial charge in [0.2, 0.25) is 0 Å². The van der Waals surface area contributed by atoms with Crippen LogP contribution in [0.4, 0.5) is 17.3 Å². The molecular formula is C12H12BrClN4. The van der Waals surface area contributed by atoms with Crippen molar-refractivity contribution in [2.45, 2.75) is 6.92 Å². The van der Waals surface area contributed by atoms with Crippen LogP contribution in [0.3, 0.4) is 0 Å². The van der Waals surface area contributed by atoms with Gasteiger partial charge in [-0.05, 0) is 25.1 Å². The standard InChI is InChI=1S/C12H12BrClN4/c1-7-16-11(15-2)6-12(17-7)18-10-4-3-8(13)5-9(10)14/h3-6H,1-2H3,(H2,15,16,17,18). The molecule has 1 heterocycles. The van der Waals surface area contributed by atoms with Crippen LogP contribution in [-0.4, -0.2) is 17.0 Å². The van der Waals surface area contributed by atoms with Crippen molar-refractivity contribution in [3.8, 4) is 0 Å². The van der Waals surface area contributed by atoms with E-state index in [1.807, 2.05) is 38.2 Å². The zero-order valence-electron chi connectivity index (χ0n) is 9.96. The first kappa shape index (κ1) is 13.1. The molecule has 4 nitrogen and oxygen atoms in total. The topological polar surface area (TPSA) is 49.8 Å². The van der Waals surface area contributed by atoms with Crippen LogP contribution >= 0.6 is 27.5 Å². The quantitative estimate of drug-likeness (QED) is 0.895. The second kappa shape index (κ2) is 5.54. The van der Waals surface area contributed by atoms with Gasteiger partial charge in [0.25, 0.3) is 0 Å². The normalized spacial score (nSPS) is 10.2. The molecule has 94 valence electrons. The lowest BCUT2D eigenvalue weighted by Crippen LogP contribution is -2.01. The van der Waals surface area contributed by atoms with Crippen molar-refractivity contribution >= 4 is 44.9 Å². The van der Waals surface area contributed by atoms with Crippen LogP contribution in [0.2, 0.25) is 5.02 Å². The third-order valence-corrected chi connectivity index (χ3v) is 3.09. The average Bonchev–Trinajstić information content (AvgIpc) is 2.32. The summed E-state index contributed by atoms with van der Waals surface area (Å²) in [4.78, 5) is 8.54. The summed E-state index contributed by atoms with van der Waals surface area (Å²) in [7, 11) is 1.82. The molecule has 0 bridgehead atoms. The molecule has 0 amide bonds. The van der Waals surface area contributed by atoms with Gasteiger partial charge in [-0.2, -0.15) is 0 Å². The highest BCUT2D eigenvalue weighted by Gasteiger charge is 2.04. The first-order valence-electron chi connectivity index (χ1n) is 5.34. The summed E-state index contributed by atoms with van der Waals surface area (Å²) < 4.78 is 0.938. The van der Waals surface area contributed by atoms with E-state index in [0.717, 1.165) is 16.0 Å². The van der Waals surface area contributed by atoms with Gasteiger partial charge in [-0.3, -0.25) is 0 Å². The van der Waals surface area contributed by atoms with Gasteiger partial charge in [0, 0.05) is 17.6 Å². The molecule has 0 unspecified atom stereocenters. The van der Waals surface area contributed by atoms with Crippen molar-refractivity contribution in [3.63, 3.8) is 0 Å². The summed E-state index contributed by atoms with van der Waals surface area (Å²) >= 11 is 9.51. The third-order valence-electron chi connectivity index (χ3n) is 2.29. The Labute approximate surface area is 119 Å². The van der Waals surface area contributed by atoms with Crippen LogP contribution in [0, 0.1) is 6.92 Å². The summed E-state index contributed by atoms with van der Waals surface area (Å²) in [6.07, 6.45) is 0. The number of aryl methyl sites for hydroxylation is 1. The molecule has 6 heteroatoms. The highest BCUT2D eigenvalue weighted by Crippen LogP contribution is 2.28. The van der Waals surface area contributed by atoms with Gasteiger partial charge in [0.15, 0.2) is 0 Å². The number of nitrogens with zero attached hydrogens (tertiary/aromatic N) is 2. The lowest BCUT2D eigenvalue weighted by molar-refractivity contribution is 1.06. The number of aromatic nitrogens is 2. The van der Waals surface area contributed by atoms with Gasteiger partial charge in [-0.25, -0.2) is 9.97 Å². The predicted octanol–water partition coefficient (Wildman–Crippen LogP) is 3.99. The Balaban J connectivity index is 2.30. The molecule has 0 fully saturated rings. The number of nitrogens with one attached hydrogen (secondary N) is 2. The first-order valence-corrected chi connectivity index (χ1v) is 6.51. The molecule has 2 rings (SSSR count). The molecule has 0 aliphatic carbocycles. The Morgan fingerprint density at radius 1 is 1.17 bits per heavy atom. The number of anilines is 3. The number of halogens is 2. The third kappa shape index (κ3) is 3.11. The summed E-state index contributed by atoms with van der Waals surface area (Å²) in [5, 5.41) is 6.79. The molecule has 0 saturated carbocycles. The van der Waals surface area contributed by atoms with Gasteiger partial charge in [-0.1, -0.05) is 27.5 Å². The van der Waals surface area contributed by atoms with Crippen molar-refractivity contribution in [2.75, 3.05) is 17.7 Å². The van der Waals surface area contributed by atoms with Crippen molar-refractivity contribution < 1.29 is 0 Å². The van der Waals surface area contributed by atoms with E-state index in [1.165, 1.54) is 0 Å². The van der Waals surface area contributed by atoms with Gasteiger partial charge < -0.3 is 10.6 Å². The van der Waals surface area contributed by atoms with Crippen LogP contribution in [-0.2, 0) is 0 Å². The van der Waals surface area contributed by atoms with Crippen molar-refractivity contribution in [3.05, 3.63) is 39.6 Å². The Bertz CT molecular complexity index is 574. The van der Waals surface area contributed by atoms with Crippen LogP contribution in [0.5, 0.6) is 0 Å². The van der Waals surface area contributed by atoms with E-state index < -0.39 is 0 Å². The highest BCUT2D eigenvalue weighted by molar-refractivity contribution is 9.10. The molecule has 0 atom stereocenters. The van der Waals surface area contributed by atoms with Gasteiger partial charge in [-0.15, -0.1) is 0 Å². The first-order chi connectivity index (χ1) is 8.58. The zero-order chi connectivity index (χ0) is 13.1. The fourth-order valence-corrected chi connectivity index (χ4v) is 2.21.